The molecule has 0 unspecified atom stereocenters. The zero-order chi connectivity index (χ0) is 22.3. The zero-order valence-corrected chi connectivity index (χ0v) is 18.5. The maximum absolute atomic E-state index is 11.6. The van der Waals surface area contributed by atoms with Crippen LogP contribution in [0.4, 0.5) is 0 Å². The molecule has 0 aliphatic carbocycles. The van der Waals surface area contributed by atoms with E-state index in [-0.39, 0.29) is 10.9 Å². The number of esters is 1. The predicted octanol–water partition coefficient (Wildman–Crippen LogP) is 7.06. The fourth-order valence-corrected chi connectivity index (χ4v) is 5.15. The molecule has 0 amide bonds. The van der Waals surface area contributed by atoms with Crippen molar-refractivity contribution >= 4 is 16.9 Å². The third-order valence-corrected chi connectivity index (χ3v) is 6.87. The molecule has 0 aromatic heterocycles. The maximum atomic E-state index is 11.6. The molecule has 0 saturated carbocycles. The van der Waals surface area contributed by atoms with Crippen molar-refractivity contribution in [2.45, 2.75) is 21.6 Å². The van der Waals surface area contributed by atoms with Gasteiger partial charge in [-0.2, -0.15) is 0 Å². The molecule has 0 spiro atoms. The van der Waals surface area contributed by atoms with Gasteiger partial charge in [0, 0.05) is 5.57 Å². The molecule has 4 aromatic rings. The van der Waals surface area contributed by atoms with Crippen LogP contribution in [0.3, 0.4) is 0 Å². The van der Waals surface area contributed by atoms with Crippen molar-refractivity contribution in [3.8, 4) is 17.2 Å². The van der Waals surface area contributed by atoms with Gasteiger partial charge in [-0.3, -0.25) is 0 Å². The summed E-state index contributed by atoms with van der Waals surface area (Å²) in [5.41, 5.74) is 0.357. The lowest BCUT2D eigenvalue weighted by molar-refractivity contribution is -0.130. The van der Waals surface area contributed by atoms with E-state index in [9.17, 15) is 4.79 Å². The summed E-state index contributed by atoms with van der Waals surface area (Å²) >= 11 is 0. The van der Waals surface area contributed by atoms with E-state index in [0.717, 1.165) is 5.75 Å². The van der Waals surface area contributed by atoms with Crippen LogP contribution in [0.5, 0.6) is 17.2 Å². The molecule has 3 nitrogen and oxygen atoms in total. The molecule has 4 aromatic carbocycles. The molecule has 4 heteroatoms. The molecule has 0 N–H and O–H groups in total. The van der Waals surface area contributed by atoms with E-state index in [0.29, 0.717) is 17.1 Å². The summed E-state index contributed by atoms with van der Waals surface area (Å²) < 4.78 is 11.2. The van der Waals surface area contributed by atoms with Crippen LogP contribution >= 0.6 is 0 Å². The first-order valence-corrected chi connectivity index (χ1v) is 11.4. The van der Waals surface area contributed by atoms with E-state index in [1.807, 2.05) is 24.3 Å². The van der Waals surface area contributed by atoms with Gasteiger partial charge in [0.15, 0.2) is 14.7 Å². The maximum Gasteiger partial charge on any atom is 0.338 e. The van der Waals surface area contributed by atoms with Crippen LogP contribution < -0.4 is 9.47 Å². The second-order valence-electron chi connectivity index (χ2n) is 7.15. The zero-order valence-electron chi connectivity index (χ0n) is 17.7. The number of ether oxygens (including phenoxy) is 2. The lowest BCUT2D eigenvalue weighted by Crippen LogP contribution is -2.07. The summed E-state index contributed by atoms with van der Waals surface area (Å²) in [5.74, 6) is 1.42. The van der Waals surface area contributed by atoms with Crippen molar-refractivity contribution in [2.24, 2.45) is 0 Å². The van der Waals surface area contributed by atoms with Crippen molar-refractivity contribution < 1.29 is 14.3 Å². The number of benzene rings is 4. The number of rotatable bonds is 7. The second-order valence-corrected chi connectivity index (χ2v) is 9.17. The molecule has 32 heavy (non-hydrogen) atoms. The van der Waals surface area contributed by atoms with Gasteiger partial charge in [-0.1, -0.05) is 43.0 Å². The standard InChI is InChI=1S/C28H23O3S/c1-21(2)28(29)31-24-15-13-22(14-16-24)30-23-17-19-27(20-18-23)32(25-9-5-3-6-10-25)26-11-7-4-8-12-26/h3-20H,1H2,2H3/q+1. The summed E-state index contributed by atoms with van der Waals surface area (Å²) in [6.45, 7) is 5.20. The van der Waals surface area contributed by atoms with Crippen molar-refractivity contribution in [2.75, 3.05) is 0 Å². The average molecular weight is 440 g/mol. The molecular formula is C28H23O3S+. The highest BCUT2D eigenvalue weighted by Gasteiger charge is 2.28. The quantitative estimate of drug-likeness (QED) is 0.134. The number of hydrogen-bond donors (Lipinski definition) is 0. The Labute approximate surface area is 191 Å². The first-order valence-electron chi connectivity index (χ1n) is 10.2. The van der Waals surface area contributed by atoms with Crippen molar-refractivity contribution in [1.29, 1.82) is 0 Å². The minimum Gasteiger partial charge on any atom is -0.457 e. The number of carbonyl (C=O) groups excluding carboxylic acids is 1. The Morgan fingerprint density at radius 3 is 1.50 bits per heavy atom. The van der Waals surface area contributed by atoms with Gasteiger partial charge in [0.2, 0.25) is 0 Å². The minimum atomic E-state index is -0.443. The third-order valence-electron chi connectivity index (χ3n) is 4.64. The molecule has 0 atom stereocenters. The SMILES string of the molecule is C=C(C)C(=O)Oc1ccc(Oc2ccc([S+](c3ccccc3)c3ccccc3)cc2)cc1. The minimum absolute atomic E-state index is 0.193. The molecule has 4 rings (SSSR count). The van der Waals surface area contributed by atoms with Gasteiger partial charge in [0.1, 0.15) is 17.2 Å². The average Bonchev–Trinajstić information content (AvgIpc) is 2.83. The first kappa shape index (κ1) is 21.5. The lowest BCUT2D eigenvalue weighted by Gasteiger charge is -2.10. The Kier molecular flexibility index (Phi) is 6.73. The molecule has 0 fully saturated rings. The summed E-state index contributed by atoms with van der Waals surface area (Å²) in [4.78, 5) is 15.4. The Balaban J connectivity index is 1.52. The largest absolute Gasteiger partial charge is 0.457 e. The smallest absolute Gasteiger partial charge is 0.338 e. The van der Waals surface area contributed by atoms with E-state index in [2.05, 4.69) is 67.2 Å². The van der Waals surface area contributed by atoms with Crippen LogP contribution in [0.2, 0.25) is 0 Å². The Bertz CT molecular complexity index is 1150. The first-order chi connectivity index (χ1) is 15.6. The van der Waals surface area contributed by atoms with E-state index in [4.69, 9.17) is 9.47 Å². The highest BCUT2D eigenvalue weighted by molar-refractivity contribution is 7.97. The van der Waals surface area contributed by atoms with Crippen molar-refractivity contribution in [3.05, 3.63) is 121 Å². The van der Waals surface area contributed by atoms with Crippen LogP contribution in [-0.4, -0.2) is 5.97 Å². The van der Waals surface area contributed by atoms with Gasteiger partial charge in [-0.15, -0.1) is 0 Å². The molecular weight excluding hydrogens is 416 g/mol. The normalized spacial score (nSPS) is 10.6. The second kappa shape index (κ2) is 10.0. The van der Waals surface area contributed by atoms with Crippen LogP contribution in [0.25, 0.3) is 0 Å². The molecule has 158 valence electrons. The van der Waals surface area contributed by atoms with Crippen molar-refractivity contribution in [1.82, 2.24) is 0 Å². The number of hydrogen-bond acceptors (Lipinski definition) is 3. The summed E-state index contributed by atoms with van der Waals surface area (Å²) in [7, 11) is -0.193. The van der Waals surface area contributed by atoms with E-state index in [1.54, 1.807) is 31.2 Å². The monoisotopic (exact) mass is 439 g/mol. The Hall–Kier alpha value is -3.76. The van der Waals surface area contributed by atoms with Gasteiger partial charge < -0.3 is 9.47 Å². The summed E-state index contributed by atoms with van der Waals surface area (Å²) in [5, 5.41) is 0. The van der Waals surface area contributed by atoms with E-state index >= 15 is 0 Å². The predicted molar refractivity (Wildman–Crippen MR) is 128 cm³/mol. The highest BCUT2D eigenvalue weighted by Crippen LogP contribution is 2.33. The van der Waals surface area contributed by atoms with Crippen LogP contribution in [0.1, 0.15) is 6.92 Å². The van der Waals surface area contributed by atoms with Crippen molar-refractivity contribution in [3.63, 3.8) is 0 Å². The van der Waals surface area contributed by atoms with Gasteiger partial charge in [0.25, 0.3) is 0 Å². The highest BCUT2D eigenvalue weighted by atomic mass is 32.2. The Morgan fingerprint density at radius 2 is 1.03 bits per heavy atom. The van der Waals surface area contributed by atoms with Gasteiger partial charge >= 0.3 is 5.97 Å². The van der Waals surface area contributed by atoms with Crippen LogP contribution in [-0.2, 0) is 15.7 Å². The third kappa shape index (κ3) is 5.29. The lowest BCUT2D eigenvalue weighted by atomic mass is 10.3. The fourth-order valence-electron chi connectivity index (χ4n) is 3.07. The summed E-state index contributed by atoms with van der Waals surface area (Å²) in [6.07, 6.45) is 0. The molecule has 0 radical (unpaired) electrons. The fraction of sp³-hybridized carbons (Fsp3) is 0.0357. The summed E-state index contributed by atoms with van der Waals surface area (Å²) in [6, 6.07) is 36.2. The topological polar surface area (TPSA) is 35.5 Å². The molecule has 0 aliphatic heterocycles. The number of carbonyl (C=O) groups is 1. The van der Waals surface area contributed by atoms with Crippen LogP contribution in [0.15, 0.2) is 136 Å². The van der Waals surface area contributed by atoms with Gasteiger partial charge in [0.05, 0.1) is 10.9 Å². The molecule has 0 aliphatic rings. The van der Waals surface area contributed by atoms with E-state index < -0.39 is 5.97 Å². The Morgan fingerprint density at radius 1 is 0.625 bits per heavy atom. The molecule has 0 saturated heterocycles. The van der Waals surface area contributed by atoms with Crippen LogP contribution in [0, 0.1) is 0 Å². The van der Waals surface area contributed by atoms with Gasteiger partial charge in [-0.05, 0) is 79.7 Å². The van der Waals surface area contributed by atoms with Gasteiger partial charge in [-0.25, -0.2) is 4.79 Å². The van der Waals surface area contributed by atoms with E-state index in [1.165, 1.54) is 14.7 Å². The molecule has 0 heterocycles. The molecule has 0 bridgehead atoms.